The highest BCUT2D eigenvalue weighted by Gasteiger charge is 2.31. The summed E-state index contributed by atoms with van der Waals surface area (Å²) in [5.41, 5.74) is 8.00. The van der Waals surface area contributed by atoms with Crippen LogP contribution in [0, 0.1) is 0 Å². The monoisotopic (exact) mass is 234 g/mol. The average Bonchev–Trinajstić information content (AvgIpc) is 2.18. The normalized spacial score (nSPS) is 24.8. The fourth-order valence-corrected chi connectivity index (χ4v) is 2.63. The highest BCUT2D eigenvalue weighted by Crippen LogP contribution is 2.23. The van der Waals surface area contributed by atoms with Gasteiger partial charge in [0.2, 0.25) is 0 Å². The number of nitrogen functional groups attached to an aromatic ring is 1. The largest absolute Gasteiger partial charge is 0.398 e. The minimum absolute atomic E-state index is 0.0682. The van der Waals surface area contributed by atoms with Gasteiger partial charge in [0.15, 0.2) is 0 Å². The summed E-state index contributed by atoms with van der Waals surface area (Å²) in [5, 5.41) is 0. The standard InChI is InChI=1S/C14H22N2O/c1-11-8-16(10-14(2,3)17-11)9-12-6-4-5-7-13(12)15/h4-7,11H,8-10,15H2,1-3H3. The molecule has 2 N–H and O–H groups in total. The van der Waals surface area contributed by atoms with Crippen molar-refractivity contribution in [3.05, 3.63) is 29.8 Å². The summed E-state index contributed by atoms with van der Waals surface area (Å²) in [4.78, 5) is 2.42. The van der Waals surface area contributed by atoms with Crippen molar-refractivity contribution in [1.82, 2.24) is 4.90 Å². The van der Waals surface area contributed by atoms with E-state index in [0.29, 0.717) is 0 Å². The molecule has 1 saturated heterocycles. The van der Waals surface area contributed by atoms with Crippen LogP contribution in [-0.4, -0.2) is 29.7 Å². The predicted octanol–water partition coefficient (Wildman–Crippen LogP) is 2.27. The first-order valence-electron chi connectivity index (χ1n) is 6.20. The molecule has 0 aliphatic carbocycles. The van der Waals surface area contributed by atoms with E-state index in [2.05, 4.69) is 31.7 Å². The lowest BCUT2D eigenvalue weighted by molar-refractivity contribution is -0.130. The maximum absolute atomic E-state index is 5.98. The van der Waals surface area contributed by atoms with Crippen molar-refractivity contribution in [3.8, 4) is 0 Å². The van der Waals surface area contributed by atoms with E-state index >= 15 is 0 Å². The smallest absolute Gasteiger partial charge is 0.0757 e. The Balaban J connectivity index is 2.06. The summed E-state index contributed by atoms with van der Waals surface area (Å²) in [6.07, 6.45) is 0.281. The zero-order valence-corrected chi connectivity index (χ0v) is 10.9. The van der Waals surface area contributed by atoms with E-state index in [1.807, 2.05) is 18.2 Å². The van der Waals surface area contributed by atoms with Crippen molar-refractivity contribution in [2.45, 2.75) is 39.0 Å². The van der Waals surface area contributed by atoms with Crippen LogP contribution in [0.1, 0.15) is 26.3 Å². The summed E-state index contributed by atoms with van der Waals surface area (Å²) in [6, 6.07) is 8.08. The van der Waals surface area contributed by atoms with Crippen LogP contribution in [0.3, 0.4) is 0 Å². The number of anilines is 1. The van der Waals surface area contributed by atoms with Gasteiger partial charge in [-0.1, -0.05) is 18.2 Å². The third-order valence-electron chi connectivity index (χ3n) is 3.09. The number of rotatable bonds is 2. The number of benzene rings is 1. The lowest BCUT2D eigenvalue weighted by atomic mass is 10.0. The second-order valence-electron chi connectivity index (χ2n) is 5.56. The van der Waals surface area contributed by atoms with Gasteiger partial charge in [-0.3, -0.25) is 4.90 Å². The first-order valence-corrected chi connectivity index (χ1v) is 6.20. The molecule has 0 saturated carbocycles. The molecular weight excluding hydrogens is 212 g/mol. The van der Waals surface area contributed by atoms with Crippen molar-refractivity contribution in [3.63, 3.8) is 0 Å². The number of nitrogens with two attached hydrogens (primary N) is 1. The first-order chi connectivity index (χ1) is 7.96. The number of hydrogen-bond acceptors (Lipinski definition) is 3. The van der Waals surface area contributed by atoms with Crippen LogP contribution in [-0.2, 0) is 11.3 Å². The SMILES string of the molecule is CC1CN(Cc2ccccc2N)CC(C)(C)O1. The Hall–Kier alpha value is -1.06. The van der Waals surface area contributed by atoms with Crippen LogP contribution in [0.15, 0.2) is 24.3 Å². The minimum atomic E-state index is -0.0682. The summed E-state index contributed by atoms with van der Waals surface area (Å²) in [5.74, 6) is 0. The summed E-state index contributed by atoms with van der Waals surface area (Å²) >= 11 is 0. The van der Waals surface area contributed by atoms with Gasteiger partial charge < -0.3 is 10.5 Å². The number of morpholine rings is 1. The van der Waals surface area contributed by atoms with Crippen molar-refractivity contribution in [2.75, 3.05) is 18.8 Å². The summed E-state index contributed by atoms with van der Waals surface area (Å²) < 4.78 is 5.90. The zero-order chi connectivity index (χ0) is 12.5. The molecule has 1 aliphatic rings. The second-order valence-corrected chi connectivity index (χ2v) is 5.56. The van der Waals surface area contributed by atoms with Gasteiger partial charge in [0.25, 0.3) is 0 Å². The minimum Gasteiger partial charge on any atom is -0.398 e. The quantitative estimate of drug-likeness (QED) is 0.798. The number of hydrogen-bond donors (Lipinski definition) is 1. The van der Waals surface area contributed by atoms with E-state index in [-0.39, 0.29) is 11.7 Å². The maximum Gasteiger partial charge on any atom is 0.0757 e. The molecule has 0 aromatic heterocycles. The molecule has 1 aromatic carbocycles. The van der Waals surface area contributed by atoms with Gasteiger partial charge in [-0.25, -0.2) is 0 Å². The molecule has 0 radical (unpaired) electrons. The predicted molar refractivity (Wildman–Crippen MR) is 70.8 cm³/mol. The Labute approximate surface area is 104 Å². The van der Waals surface area contributed by atoms with Gasteiger partial charge in [-0.2, -0.15) is 0 Å². The molecule has 1 atom stereocenters. The second kappa shape index (κ2) is 4.67. The van der Waals surface area contributed by atoms with Crippen LogP contribution in [0.25, 0.3) is 0 Å². The summed E-state index contributed by atoms with van der Waals surface area (Å²) in [7, 11) is 0. The van der Waals surface area contributed by atoms with Gasteiger partial charge in [0, 0.05) is 25.3 Å². The molecular formula is C14H22N2O. The van der Waals surface area contributed by atoms with Crippen LogP contribution >= 0.6 is 0 Å². The third-order valence-corrected chi connectivity index (χ3v) is 3.09. The lowest BCUT2D eigenvalue weighted by Gasteiger charge is -2.41. The van der Waals surface area contributed by atoms with Gasteiger partial charge in [0.05, 0.1) is 11.7 Å². The molecule has 1 fully saturated rings. The molecule has 0 bridgehead atoms. The average molecular weight is 234 g/mol. The molecule has 3 heteroatoms. The topological polar surface area (TPSA) is 38.5 Å². The first kappa shape index (κ1) is 12.4. The van der Waals surface area contributed by atoms with Gasteiger partial charge in [-0.05, 0) is 32.4 Å². The molecule has 0 amide bonds. The van der Waals surface area contributed by atoms with Gasteiger partial charge >= 0.3 is 0 Å². The number of para-hydroxylation sites is 1. The van der Waals surface area contributed by atoms with E-state index < -0.39 is 0 Å². The van der Waals surface area contributed by atoms with Gasteiger partial charge in [-0.15, -0.1) is 0 Å². The van der Waals surface area contributed by atoms with Crippen molar-refractivity contribution in [1.29, 1.82) is 0 Å². The van der Waals surface area contributed by atoms with Crippen LogP contribution in [0.4, 0.5) is 5.69 Å². The molecule has 1 aromatic rings. The molecule has 17 heavy (non-hydrogen) atoms. The van der Waals surface area contributed by atoms with Crippen molar-refractivity contribution < 1.29 is 4.74 Å². The van der Waals surface area contributed by atoms with Crippen LogP contribution in [0.2, 0.25) is 0 Å². The zero-order valence-electron chi connectivity index (χ0n) is 10.9. The van der Waals surface area contributed by atoms with Crippen LogP contribution in [0.5, 0.6) is 0 Å². The Morgan fingerprint density at radius 1 is 1.41 bits per heavy atom. The van der Waals surface area contributed by atoms with E-state index in [9.17, 15) is 0 Å². The Kier molecular flexibility index (Phi) is 3.40. The maximum atomic E-state index is 5.98. The lowest BCUT2D eigenvalue weighted by Crippen LogP contribution is -2.51. The molecule has 2 rings (SSSR count). The van der Waals surface area contributed by atoms with E-state index in [1.54, 1.807) is 0 Å². The Bertz CT molecular complexity index is 390. The highest BCUT2D eigenvalue weighted by atomic mass is 16.5. The third kappa shape index (κ3) is 3.20. The molecule has 94 valence electrons. The highest BCUT2D eigenvalue weighted by molar-refractivity contribution is 5.46. The van der Waals surface area contributed by atoms with Crippen molar-refractivity contribution >= 4 is 5.69 Å². The van der Waals surface area contributed by atoms with E-state index in [0.717, 1.165) is 25.3 Å². The fourth-order valence-electron chi connectivity index (χ4n) is 2.63. The molecule has 3 nitrogen and oxygen atoms in total. The number of ether oxygens (including phenoxy) is 1. The van der Waals surface area contributed by atoms with Crippen molar-refractivity contribution in [2.24, 2.45) is 0 Å². The molecule has 1 aliphatic heterocycles. The fraction of sp³-hybridized carbons (Fsp3) is 0.571. The molecule has 1 heterocycles. The van der Waals surface area contributed by atoms with E-state index in [4.69, 9.17) is 10.5 Å². The molecule has 1 unspecified atom stereocenters. The van der Waals surface area contributed by atoms with Gasteiger partial charge in [0.1, 0.15) is 0 Å². The number of nitrogens with zero attached hydrogens (tertiary/aromatic N) is 1. The van der Waals surface area contributed by atoms with E-state index in [1.165, 1.54) is 5.56 Å². The molecule has 0 spiro atoms. The Morgan fingerprint density at radius 2 is 2.12 bits per heavy atom. The van der Waals surface area contributed by atoms with Crippen LogP contribution < -0.4 is 5.73 Å². The summed E-state index contributed by atoms with van der Waals surface area (Å²) in [6.45, 7) is 9.24. The Morgan fingerprint density at radius 3 is 2.76 bits per heavy atom.